The first-order valence-corrected chi connectivity index (χ1v) is 7.20. The second-order valence-electron chi connectivity index (χ2n) is 6.60. The monoisotopic (exact) mass is 308 g/mol. The first-order valence-electron chi connectivity index (χ1n) is 7.20. The molecule has 0 bridgehead atoms. The van der Waals surface area contributed by atoms with E-state index >= 15 is 0 Å². The van der Waals surface area contributed by atoms with Gasteiger partial charge in [0.25, 0.3) is 5.88 Å². The van der Waals surface area contributed by atoms with Crippen molar-refractivity contribution in [1.29, 1.82) is 0 Å². The molecule has 1 saturated heterocycles. The van der Waals surface area contributed by atoms with Gasteiger partial charge in [-0.25, -0.2) is 4.98 Å². The lowest BCUT2D eigenvalue weighted by atomic mass is 9.80. The predicted octanol–water partition coefficient (Wildman–Crippen LogP) is 2.08. The Balaban J connectivity index is 2.34. The topological polar surface area (TPSA) is 83.7 Å². The second-order valence-corrected chi connectivity index (χ2v) is 6.60. The van der Waals surface area contributed by atoms with E-state index in [0.717, 1.165) is 0 Å². The van der Waals surface area contributed by atoms with E-state index in [1.165, 1.54) is 12.3 Å². The van der Waals surface area contributed by atoms with Crippen molar-refractivity contribution >= 4 is 18.3 Å². The minimum absolute atomic E-state index is 0.000248. The van der Waals surface area contributed by atoms with Gasteiger partial charge < -0.3 is 14.0 Å². The van der Waals surface area contributed by atoms with Gasteiger partial charge in [-0.2, -0.15) is 0 Å². The van der Waals surface area contributed by atoms with Crippen molar-refractivity contribution in [2.45, 2.75) is 58.8 Å². The zero-order chi connectivity index (χ0) is 16.7. The second kappa shape index (κ2) is 5.51. The van der Waals surface area contributed by atoms with Crippen LogP contribution in [0.15, 0.2) is 12.3 Å². The molecule has 7 nitrogen and oxygen atoms in total. The SMILES string of the molecule is CC(C)Oc1ncc(B2OC(C)(C)C(C)(C)O2)cc1[N+](=O)[O-]. The highest BCUT2D eigenvalue weighted by Gasteiger charge is 2.52. The summed E-state index contributed by atoms with van der Waals surface area (Å²) >= 11 is 0. The van der Waals surface area contributed by atoms with Crippen LogP contribution in [-0.2, 0) is 9.31 Å². The highest BCUT2D eigenvalue weighted by Crippen LogP contribution is 2.37. The number of rotatable bonds is 4. The van der Waals surface area contributed by atoms with Crippen LogP contribution in [0.4, 0.5) is 5.69 Å². The number of hydrogen-bond acceptors (Lipinski definition) is 6. The molecule has 0 amide bonds. The van der Waals surface area contributed by atoms with Gasteiger partial charge in [-0.15, -0.1) is 0 Å². The Labute approximate surface area is 130 Å². The fraction of sp³-hybridized carbons (Fsp3) is 0.643. The van der Waals surface area contributed by atoms with Gasteiger partial charge in [0.15, 0.2) is 0 Å². The van der Waals surface area contributed by atoms with E-state index in [2.05, 4.69) is 4.98 Å². The molecular weight excluding hydrogens is 287 g/mol. The molecule has 1 fully saturated rings. The Morgan fingerprint density at radius 3 is 2.27 bits per heavy atom. The fourth-order valence-electron chi connectivity index (χ4n) is 2.01. The molecule has 0 aromatic carbocycles. The third-order valence-electron chi connectivity index (χ3n) is 3.92. The molecule has 2 heterocycles. The molecule has 0 atom stereocenters. The summed E-state index contributed by atoms with van der Waals surface area (Å²) in [7, 11) is -0.690. The van der Waals surface area contributed by atoms with E-state index in [4.69, 9.17) is 14.0 Å². The average Bonchev–Trinajstić information content (AvgIpc) is 2.57. The number of hydrogen-bond donors (Lipinski definition) is 0. The first-order chi connectivity index (χ1) is 10.0. The van der Waals surface area contributed by atoms with E-state index in [1.807, 2.05) is 27.7 Å². The normalized spacial score (nSPS) is 19.5. The van der Waals surface area contributed by atoms with Crippen LogP contribution in [0.25, 0.3) is 0 Å². The van der Waals surface area contributed by atoms with Gasteiger partial charge in [-0.1, -0.05) is 0 Å². The molecule has 1 aromatic heterocycles. The molecular formula is C14H21BN2O5. The molecule has 1 aliphatic rings. The summed E-state index contributed by atoms with van der Waals surface area (Å²) in [5.41, 5.74) is -0.721. The Hall–Kier alpha value is -1.67. The number of nitro groups is 1. The smallest absolute Gasteiger partial charge is 0.470 e. The molecule has 1 aromatic rings. The quantitative estimate of drug-likeness (QED) is 0.481. The summed E-state index contributed by atoms with van der Waals surface area (Å²) in [5, 5.41) is 11.2. The van der Waals surface area contributed by atoms with Crippen LogP contribution in [0.3, 0.4) is 0 Å². The Kier molecular flexibility index (Phi) is 4.19. The van der Waals surface area contributed by atoms with Gasteiger partial charge in [0.05, 0.1) is 22.2 Å². The highest BCUT2D eigenvalue weighted by atomic mass is 16.7. The van der Waals surface area contributed by atoms with Crippen molar-refractivity contribution in [2.75, 3.05) is 0 Å². The standard InChI is InChI=1S/C14H21BN2O5/c1-9(2)20-12-11(17(18)19)7-10(8-16-12)15-21-13(3,4)14(5,6)22-15/h7-9H,1-6H3. The lowest BCUT2D eigenvalue weighted by Crippen LogP contribution is -2.41. The molecule has 0 N–H and O–H groups in total. The maximum Gasteiger partial charge on any atom is 0.496 e. The van der Waals surface area contributed by atoms with Crippen LogP contribution in [-0.4, -0.2) is 34.3 Å². The van der Waals surface area contributed by atoms with Crippen molar-refractivity contribution in [3.8, 4) is 5.88 Å². The summed E-state index contributed by atoms with van der Waals surface area (Å²) < 4.78 is 17.1. The molecule has 0 radical (unpaired) electrons. The van der Waals surface area contributed by atoms with Crippen LogP contribution in [0, 0.1) is 10.1 Å². The van der Waals surface area contributed by atoms with E-state index < -0.39 is 23.2 Å². The van der Waals surface area contributed by atoms with Crippen LogP contribution in [0.2, 0.25) is 0 Å². The van der Waals surface area contributed by atoms with Crippen molar-refractivity contribution in [3.63, 3.8) is 0 Å². The van der Waals surface area contributed by atoms with Crippen LogP contribution < -0.4 is 10.2 Å². The zero-order valence-electron chi connectivity index (χ0n) is 13.7. The summed E-state index contributed by atoms with van der Waals surface area (Å²) in [6.07, 6.45) is 1.29. The zero-order valence-corrected chi connectivity index (χ0v) is 13.7. The van der Waals surface area contributed by atoms with Crippen molar-refractivity contribution < 1.29 is 19.0 Å². The van der Waals surface area contributed by atoms with Crippen LogP contribution in [0.5, 0.6) is 5.88 Å². The first kappa shape index (κ1) is 16.7. The van der Waals surface area contributed by atoms with Crippen LogP contribution in [0.1, 0.15) is 41.5 Å². The maximum atomic E-state index is 11.2. The average molecular weight is 308 g/mol. The van der Waals surface area contributed by atoms with Crippen LogP contribution >= 0.6 is 0 Å². The molecule has 8 heteroatoms. The number of pyridine rings is 1. The lowest BCUT2D eigenvalue weighted by molar-refractivity contribution is -0.386. The van der Waals surface area contributed by atoms with E-state index in [-0.39, 0.29) is 17.7 Å². The minimum Gasteiger partial charge on any atom is -0.470 e. The number of nitrogens with zero attached hydrogens (tertiary/aromatic N) is 2. The molecule has 0 saturated carbocycles. The van der Waals surface area contributed by atoms with Gasteiger partial charge >= 0.3 is 12.8 Å². The van der Waals surface area contributed by atoms with Gasteiger partial charge in [-0.05, 0) is 41.5 Å². The van der Waals surface area contributed by atoms with Crippen molar-refractivity contribution in [2.24, 2.45) is 0 Å². The van der Waals surface area contributed by atoms with Gasteiger partial charge in [0.1, 0.15) is 0 Å². The Morgan fingerprint density at radius 2 is 1.82 bits per heavy atom. The molecule has 0 spiro atoms. The van der Waals surface area contributed by atoms with Gasteiger partial charge in [0.2, 0.25) is 0 Å². The van der Waals surface area contributed by atoms with Gasteiger partial charge in [-0.3, -0.25) is 10.1 Å². The summed E-state index contributed by atoms with van der Waals surface area (Å²) in [4.78, 5) is 14.8. The summed E-state index contributed by atoms with van der Waals surface area (Å²) in [6, 6.07) is 1.40. The Bertz CT molecular complexity index is 573. The third-order valence-corrected chi connectivity index (χ3v) is 3.92. The van der Waals surface area contributed by atoms with E-state index in [0.29, 0.717) is 5.46 Å². The Morgan fingerprint density at radius 1 is 1.27 bits per heavy atom. The minimum atomic E-state index is -0.690. The maximum absolute atomic E-state index is 11.2. The fourth-order valence-corrected chi connectivity index (χ4v) is 2.01. The lowest BCUT2D eigenvalue weighted by Gasteiger charge is -2.32. The summed E-state index contributed by atoms with van der Waals surface area (Å²) in [6.45, 7) is 11.3. The molecule has 0 aliphatic carbocycles. The van der Waals surface area contributed by atoms with Crippen molar-refractivity contribution in [1.82, 2.24) is 4.98 Å². The number of ether oxygens (including phenoxy) is 1. The third kappa shape index (κ3) is 3.07. The molecule has 22 heavy (non-hydrogen) atoms. The number of aromatic nitrogens is 1. The molecule has 0 unspecified atom stereocenters. The van der Waals surface area contributed by atoms with E-state index in [1.54, 1.807) is 13.8 Å². The van der Waals surface area contributed by atoms with Crippen molar-refractivity contribution in [3.05, 3.63) is 22.4 Å². The molecule has 2 rings (SSSR count). The van der Waals surface area contributed by atoms with Gasteiger partial charge in [0, 0.05) is 17.7 Å². The molecule has 1 aliphatic heterocycles. The summed E-state index contributed by atoms with van der Waals surface area (Å²) in [5.74, 6) is 0.000248. The molecule has 120 valence electrons. The predicted molar refractivity (Wildman–Crippen MR) is 82.4 cm³/mol. The highest BCUT2D eigenvalue weighted by molar-refractivity contribution is 6.62. The largest absolute Gasteiger partial charge is 0.496 e. The van der Waals surface area contributed by atoms with E-state index in [9.17, 15) is 10.1 Å².